The summed E-state index contributed by atoms with van der Waals surface area (Å²) in [5.74, 6) is 0.650. The molecule has 0 aromatic rings. The number of halogens is 3. The van der Waals surface area contributed by atoms with Gasteiger partial charge in [0.05, 0.1) is 6.10 Å². The number of alkyl halides is 3. The third kappa shape index (κ3) is 3.10. The quantitative estimate of drug-likeness (QED) is 0.663. The zero-order chi connectivity index (χ0) is 10.9. The lowest BCUT2D eigenvalue weighted by molar-refractivity contribution is -0.146. The molecular formula is C11H17F3O. The highest BCUT2D eigenvalue weighted by molar-refractivity contribution is 4.91. The van der Waals surface area contributed by atoms with E-state index < -0.39 is 18.4 Å². The van der Waals surface area contributed by atoms with Crippen LogP contribution in [0.1, 0.15) is 44.9 Å². The predicted molar refractivity (Wildman–Crippen MR) is 50.5 cm³/mol. The Kier molecular flexibility index (Phi) is 3.24. The fourth-order valence-electron chi connectivity index (χ4n) is 2.53. The van der Waals surface area contributed by atoms with Crippen LogP contribution in [0.3, 0.4) is 0 Å². The van der Waals surface area contributed by atoms with Crippen molar-refractivity contribution in [2.75, 3.05) is 0 Å². The average Bonchev–Trinajstić information content (AvgIpc) is 2.95. The van der Waals surface area contributed by atoms with Crippen LogP contribution in [-0.2, 0) is 4.74 Å². The highest BCUT2D eigenvalue weighted by atomic mass is 19.4. The summed E-state index contributed by atoms with van der Waals surface area (Å²) in [6.07, 6.45) is 1.56. The molecule has 2 aliphatic rings. The Labute approximate surface area is 88.0 Å². The fourth-order valence-corrected chi connectivity index (χ4v) is 2.53. The molecule has 15 heavy (non-hydrogen) atoms. The van der Waals surface area contributed by atoms with Gasteiger partial charge >= 0.3 is 6.18 Å². The van der Waals surface area contributed by atoms with Crippen molar-refractivity contribution in [3.8, 4) is 0 Å². The molecule has 1 aliphatic carbocycles. The van der Waals surface area contributed by atoms with Gasteiger partial charge in [0.1, 0.15) is 0 Å². The Hall–Kier alpha value is -0.250. The minimum atomic E-state index is -4.14. The predicted octanol–water partition coefficient (Wildman–Crippen LogP) is 3.68. The molecule has 2 unspecified atom stereocenters. The van der Waals surface area contributed by atoms with Gasteiger partial charge in [-0.15, -0.1) is 0 Å². The summed E-state index contributed by atoms with van der Waals surface area (Å²) in [7, 11) is 0. The molecule has 2 rings (SSSR count). The van der Waals surface area contributed by atoms with Crippen LogP contribution < -0.4 is 0 Å². The van der Waals surface area contributed by atoms with Crippen molar-refractivity contribution in [3.05, 3.63) is 0 Å². The number of rotatable bonds is 3. The number of hydrogen-bond acceptors (Lipinski definition) is 1. The van der Waals surface area contributed by atoms with E-state index in [9.17, 15) is 13.2 Å². The molecule has 1 aliphatic heterocycles. The van der Waals surface area contributed by atoms with Crippen molar-refractivity contribution in [3.63, 3.8) is 0 Å². The third-order valence-electron chi connectivity index (χ3n) is 3.49. The van der Waals surface area contributed by atoms with Gasteiger partial charge in [-0.25, -0.2) is 0 Å². The van der Waals surface area contributed by atoms with Crippen molar-refractivity contribution in [2.45, 2.75) is 63.3 Å². The maximum absolute atomic E-state index is 12.1. The second kappa shape index (κ2) is 4.32. The summed E-state index contributed by atoms with van der Waals surface area (Å²) in [6.45, 7) is 0. The number of hydrogen-bond donors (Lipinski definition) is 0. The fraction of sp³-hybridized carbons (Fsp3) is 1.00. The molecule has 0 N–H and O–H groups in total. The van der Waals surface area contributed by atoms with E-state index >= 15 is 0 Å². The van der Waals surface area contributed by atoms with Gasteiger partial charge < -0.3 is 4.74 Å². The van der Waals surface area contributed by atoms with Gasteiger partial charge in [-0.2, -0.15) is 13.2 Å². The van der Waals surface area contributed by atoms with E-state index in [1.165, 1.54) is 32.1 Å². The van der Waals surface area contributed by atoms with E-state index in [0.29, 0.717) is 12.3 Å². The smallest absolute Gasteiger partial charge is 0.360 e. The standard InChI is InChI=1S/C11H17F3O/c12-11(13,14)10-9(15-10)7-6-8-4-2-1-3-5-8/h8-10H,1-7H2. The van der Waals surface area contributed by atoms with Crippen molar-refractivity contribution in [2.24, 2.45) is 5.92 Å². The normalized spacial score (nSPS) is 33.0. The Balaban J connectivity index is 1.63. The van der Waals surface area contributed by atoms with E-state index in [2.05, 4.69) is 4.74 Å². The first kappa shape index (κ1) is 11.2. The lowest BCUT2D eigenvalue weighted by atomic mass is 9.85. The summed E-state index contributed by atoms with van der Waals surface area (Å²) in [5.41, 5.74) is 0. The molecule has 2 fully saturated rings. The van der Waals surface area contributed by atoms with Crippen molar-refractivity contribution in [1.82, 2.24) is 0 Å². The Morgan fingerprint density at radius 2 is 1.67 bits per heavy atom. The van der Waals surface area contributed by atoms with Crippen LogP contribution >= 0.6 is 0 Å². The maximum atomic E-state index is 12.1. The van der Waals surface area contributed by atoms with E-state index in [-0.39, 0.29) is 0 Å². The molecule has 1 heterocycles. The second-order valence-corrected chi connectivity index (χ2v) is 4.72. The molecule has 1 saturated heterocycles. The van der Waals surface area contributed by atoms with Crippen LogP contribution in [0.25, 0.3) is 0 Å². The van der Waals surface area contributed by atoms with Gasteiger partial charge in [-0.05, 0) is 18.8 Å². The molecule has 0 radical (unpaired) electrons. The molecule has 88 valence electrons. The molecule has 0 bridgehead atoms. The average molecular weight is 222 g/mol. The molecule has 1 nitrogen and oxygen atoms in total. The number of epoxide rings is 1. The van der Waals surface area contributed by atoms with Crippen LogP contribution in [0.2, 0.25) is 0 Å². The SMILES string of the molecule is FC(F)(F)C1OC1CCC1CCCCC1. The molecule has 4 heteroatoms. The van der Waals surface area contributed by atoms with E-state index in [4.69, 9.17) is 0 Å². The van der Waals surface area contributed by atoms with Gasteiger partial charge in [-0.1, -0.05) is 32.1 Å². The van der Waals surface area contributed by atoms with E-state index in [1.54, 1.807) is 0 Å². The van der Waals surface area contributed by atoms with Gasteiger partial charge in [0.25, 0.3) is 0 Å². The monoisotopic (exact) mass is 222 g/mol. The van der Waals surface area contributed by atoms with Crippen molar-refractivity contribution >= 4 is 0 Å². The minimum Gasteiger partial charge on any atom is -0.360 e. The molecule has 0 amide bonds. The van der Waals surface area contributed by atoms with Gasteiger partial charge in [-0.3, -0.25) is 0 Å². The largest absolute Gasteiger partial charge is 0.417 e. The molecule has 0 aromatic carbocycles. The summed E-state index contributed by atoms with van der Waals surface area (Å²) in [6, 6.07) is 0. The summed E-state index contributed by atoms with van der Waals surface area (Å²) in [5, 5.41) is 0. The third-order valence-corrected chi connectivity index (χ3v) is 3.49. The molecule has 1 saturated carbocycles. The van der Waals surface area contributed by atoms with Gasteiger partial charge in [0, 0.05) is 0 Å². The van der Waals surface area contributed by atoms with E-state index in [0.717, 1.165) is 6.42 Å². The summed E-state index contributed by atoms with van der Waals surface area (Å²) >= 11 is 0. The minimum absolute atomic E-state index is 0.535. The highest BCUT2D eigenvalue weighted by Crippen LogP contribution is 2.41. The molecule has 0 spiro atoms. The highest BCUT2D eigenvalue weighted by Gasteiger charge is 2.57. The topological polar surface area (TPSA) is 12.5 Å². The zero-order valence-corrected chi connectivity index (χ0v) is 8.72. The Bertz CT molecular complexity index is 208. The van der Waals surface area contributed by atoms with Crippen LogP contribution in [0.15, 0.2) is 0 Å². The van der Waals surface area contributed by atoms with Crippen LogP contribution in [0.5, 0.6) is 0 Å². The maximum Gasteiger partial charge on any atom is 0.417 e. The van der Waals surface area contributed by atoms with Gasteiger partial charge in [0.2, 0.25) is 0 Å². The Morgan fingerprint density at radius 1 is 1.00 bits per heavy atom. The first-order valence-corrected chi connectivity index (χ1v) is 5.79. The summed E-state index contributed by atoms with van der Waals surface area (Å²) < 4.78 is 41.0. The van der Waals surface area contributed by atoms with Crippen molar-refractivity contribution in [1.29, 1.82) is 0 Å². The summed E-state index contributed by atoms with van der Waals surface area (Å²) in [4.78, 5) is 0. The second-order valence-electron chi connectivity index (χ2n) is 4.72. The first-order chi connectivity index (χ1) is 7.07. The first-order valence-electron chi connectivity index (χ1n) is 5.79. The molecule has 0 aromatic heterocycles. The lowest BCUT2D eigenvalue weighted by Gasteiger charge is -2.20. The van der Waals surface area contributed by atoms with Crippen LogP contribution in [0, 0.1) is 5.92 Å². The van der Waals surface area contributed by atoms with Crippen LogP contribution in [-0.4, -0.2) is 18.4 Å². The lowest BCUT2D eigenvalue weighted by Crippen LogP contribution is -2.19. The number of ether oxygens (including phenoxy) is 1. The van der Waals surface area contributed by atoms with E-state index in [1.807, 2.05) is 0 Å². The molecular weight excluding hydrogens is 205 g/mol. The molecule has 2 atom stereocenters. The Morgan fingerprint density at radius 3 is 2.20 bits per heavy atom. The van der Waals surface area contributed by atoms with Crippen LogP contribution in [0.4, 0.5) is 13.2 Å². The zero-order valence-electron chi connectivity index (χ0n) is 8.72. The van der Waals surface area contributed by atoms with Gasteiger partial charge in [0.15, 0.2) is 6.10 Å². The van der Waals surface area contributed by atoms with Crippen molar-refractivity contribution < 1.29 is 17.9 Å².